The molecule has 1 amide bonds. The van der Waals surface area contributed by atoms with Gasteiger partial charge in [0.1, 0.15) is 0 Å². The number of rotatable bonds is 6. The van der Waals surface area contributed by atoms with Crippen LogP contribution in [0.25, 0.3) is 16.5 Å². The van der Waals surface area contributed by atoms with Crippen molar-refractivity contribution in [3.63, 3.8) is 0 Å². The van der Waals surface area contributed by atoms with Crippen molar-refractivity contribution in [2.24, 2.45) is 0 Å². The smallest absolute Gasteiger partial charge is 0.295 e. The summed E-state index contributed by atoms with van der Waals surface area (Å²) in [5, 5.41) is 19.7. The van der Waals surface area contributed by atoms with Gasteiger partial charge in [0.2, 0.25) is 5.13 Å². The van der Waals surface area contributed by atoms with Crippen molar-refractivity contribution in [2.45, 2.75) is 6.92 Å². The molecule has 7 nitrogen and oxygen atoms in total. The third kappa shape index (κ3) is 4.06. The number of anilines is 1. The van der Waals surface area contributed by atoms with Gasteiger partial charge in [-0.3, -0.25) is 15.1 Å². The predicted molar refractivity (Wildman–Crippen MR) is 107 cm³/mol. The highest BCUT2D eigenvalue weighted by Gasteiger charge is 2.16. The van der Waals surface area contributed by atoms with Crippen molar-refractivity contribution in [3.05, 3.63) is 59.8 Å². The quantitative estimate of drug-likeness (QED) is 0.386. The number of ether oxygens (including phenoxy) is 1. The van der Waals surface area contributed by atoms with Crippen molar-refractivity contribution in [3.8, 4) is 5.19 Å². The van der Waals surface area contributed by atoms with Crippen LogP contribution in [0.1, 0.15) is 12.5 Å². The summed E-state index contributed by atoms with van der Waals surface area (Å²) in [6, 6.07) is 9.54. The molecule has 136 valence electrons. The maximum absolute atomic E-state index is 12.7. The maximum atomic E-state index is 12.7. The van der Waals surface area contributed by atoms with E-state index in [0.29, 0.717) is 15.9 Å². The Morgan fingerprint density at radius 3 is 2.85 bits per heavy atom. The van der Waals surface area contributed by atoms with Crippen LogP contribution in [0.5, 0.6) is 5.19 Å². The van der Waals surface area contributed by atoms with E-state index in [-0.39, 0.29) is 5.57 Å². The minimum atomic E-state index is -0.441. The molecule has 0 aliphatic heterocycles. The number of carbonyl (C=O) groups is 1. The van der Waals surface area contributed by atoms with E-state index in [2.05, 4.69) is 20.5 Å². The monoisotopic (exact) mass is 379 g/mol. The molecule has 2 heterocycles. The van der Waals surface area contributed by atoms with Crippen LogP contribution in [0.3, 0.4) is 0 Å². The van der Waals surface area contributed by atoms with Crippen LogP contribution < -0.4 is 10.1 Å². The minimum absolute atomic E-state index is 0.213. The fourth-order valence-electron chi connectivity index (χ4n) is 2.52. The Hall–Kier alpha value is -3.39. The molecule has 0 bridgehead atoms. The Morgan fingerprint density at radius 2 is 2.15 bits per heavy atom. The Labute approximate surface area is 159 Å². The Bertz CT molecular complexity index is 1050. The molecule has 0 fully saturated rings. The van der Waals surface area contributed by atoms with Gasteiger partial charge in [0.05, 0.1) is 18.2 Å². The molecule has 0 unspecified atom stereocenters. The lowest BCUT2D eigenvalue weighted by atomic mass is 9.97. The number of carbonyl (C=O) groups excluding carboxylic acids is 1. The number of allylic oxidation sites excluding steroid dienone is 3. The molecule has 1 aromatic carbocycles. The summed E-state index contributed by atoms with van der Waals surface area (Å²) in [7, 11) is 1.48. The number of fused-ring (bicyclic) bond motifs is 1. The van der Waals surface area contributed by atoms with E-state index in [1.807, 2.05) is 43.3 Å². The van der Waals surface area contributed by atoms with Crippen LogP contribution in [0.4, 0.5) is 5.13 Å². The summed E-state index contributed by atoms with van der Waals surface area (Å²) in [4.78, 5) is 17.0. The molecule has 0 radical (unpaired) electrons. The zero-order valence-corrected chi connectivity index (χ0v) is 15.6. The molecule has 0 aliphatic rings. The number of pyridine rings is 1. The van der Waals surface area contributed by atoms with Gasteiger partial charge in [0, 0.05) is 17.8 Å². The topological polar surface area (TPSA) is 101 Å². The van der Waals surface area contributed by atoms with Gasteiger partial charge >= 0.3 is 0 Å². The Kier molecular flexibility index (Phi) is 5.68. The van der Waals surface area contributed by atoms with E-state index < -0.39 is 5.91 Å². The van der Waals surface area contributed by atoms with Crippen LogP contribution in [0, 0.1) is 5.41 Å². The highest BCUT2D eigenvalue weighted by Crippen LogP contribution is 2.26. The second-order valence-electron chi connectivity index (χ2n) is 5.41. The second-order valence-corrected chi connectivity index (χ2v) is 6.35. The van der Waals surface area contributed by atoms with Gasteiger partial charge in [-0.15, -0.1) is 5.10 Å². The Balaban J connectivity index is 2.02. The first kappa shape index (κ1) is 18.4. The van der Waals surface area contributed by atoms with E-state index in [4.69, 9.17) is 10.1 Å². The average Bonchev–Trinajstić information content (AvgIpc) is 3.15. The number of methoxy groups -OCH3 is 1. The number of hydrogen-bond acceptors (Lipinski definition) is 7. The van der Waals surface area contributed by atoms with Crippen molar-refractivity contribution in [1.82, 2.24) is 15.2 Å². The lowest BCUT2D eigenvalue weighted by Crippen LogP contribution is -2.16. The molecule has 0 aliphatic carbocycles. The highest BCUT2D eigenvalue weighted by atomic mass is 32.1. The summed E-state index contributed by atoms with van der Waals surface area (Å²) in [5.74, 6) is -0.441. The van der Waals surface area contributed by atoms with E-state index in [0.717, 1.165) is 34.0 Å². The highest BCUT2D eigenvalue weighted by molar-refractivity contribution is 7.17. The molecule has 0 saturated carbocycles. The fourth-order valence-corrected chi connectivity index (χ4v) is 3.08. The lowest BCUT2D eigenvalue weighted by Gasteiger charge is -2.10. The number of amides is 1. The molecule has 3 aromatic rings. The molecule has 8 heteroatoms. The summed E-state index contributed by atoms with van der Waals surface area (Å²) >= 11 is 1.11. The van der Waals surface area contributed by atoms with E-state index >= 15 is 0 Å². The number of nitrogens with zero attached hydrogens (tertiary/aromatic N) is 3. The van der Waals surface area contributed by atoms with Gasteiger partial charge in [0.15, 0.2) is 0 Å². The average molecular weight is 379 g/mol. The second kappa shape index (κ2) is 8.33. The van der Waals surface area contributed by atoms with E-state index in [9.17, 15) is 4.79 Å². The first-order chi connectivity index (χ1) is 13.2. The van der Waals surface area contributed by atoms with Gasteiger partial charge in [-0.25, -0.2) is 0 Å². The molecule has 0 saturated heterocycles. The van der Waals surface area contributed by atoms with Crippen molar-refractivity contribution >= 4 is 45.1 Å². The van der Waals surface area contributed by atoms with Gasteiger partial charge < -0.3 is 10.1 Å². The van der Waals surface area contributed by atoms with Gasteiger partial charge in [-0.2, -0.15) is 0 Å². The molecule has 2 aromatic heterocycles. The van der Waals surface area contributed by atoms with Crippen LogP contribution in [0.15, 0.2) is 54.3 Å². The number of nitrogens with one attached hydrogen (secondary N) is 2. The summed E-state index contributed by atoms with van der Waals surface area (Å²) in [6.07, 6.45) is 6.40. The maximum Gasteiger partial charge on any atom is 0.295 e. The first-order valence-electron chi connectivity index (χ1n) is 8.07. The standard InChI is InChI=1S/C19H17N5O2S/c1-3-5-14(12-7-8-16-13(10-12)6-4-9-21-16)15(11-20)17(25)22-18-23-24-19(26-2)27-18/h3-11,20H,1-2H3,(H,22,23,25)/b5-3-,15-14-,20-11?. The van der Waals surface area contributed by atoms with Crippen molar-refractivity contribution in [2.75, 3.05) is 12.4 Å². The predicted octanol–water partition coefficient (Wildman–Crippen LogP) is 3.71. The minimum Gasteiger partial charge on any atom is -0.472 e. The Morgan fingerprint density at radius 1 is 1.30 bits per heavy atom. The number of benzene rings is 1. The van der Waals surface area contributed by atoms with Gasteiger partial charge in [-0.1, -0.05) is 29.4 Å². The fraction of sp³-hybridized carbons (Fsp3) is 0.105. The molecule has 3 rings (SSSR count). The molecule has 2 N–H and O–H groups in total. The van der Waals surface area contributed by atoms with Crippen molar-refractivity contribution in [1.29, 1.82) is 5.41 Å². The number of hydrogen-bond donors (Lipinski definition) is 2. The van der Waals surface area contributed by atoms with E-state index in [1.54, 1.807) is 12.3 Å². The van der Waals surface area contributed by atoms with Crippen LogP contribution >= 0.6 is 11.3 Å². The summed E-state index contributed by atoms with van der Waals surface area (Å²) < 4.78 is 4.98. The molecular formula is C19H17N5O2S. The van der Waals surface area contributed by atoms with Gasteiger partial charge in [-0.05, 0) is 47.6 Å². The lowest BCUT2D eigenvalue weighted by molar-refractivity contribution is -0.112. The largest absolute Gasteiger partial charge is 0.472 e. The van der Waals surface area contributed by atoms with Gasteiger partial charge in [0.25, 0.3) is 11.1 Å². The van der Waals surface area contributed by atoms with Crippen LogP contribution in [0.2, 0.25) is 0 Å². The molecule has 0 atom stereocenters. The normalized spacial score (nSPS) is 12.1. The molecular weight excluding hydrogens is 362 g/mol. The summed E-state index contributed by atoms with van der Waals surface area (Å²) in [5.41, 5.74) is 2.53. The molecule has 0 spiro atoms. The van der Waals surface area contributed by atoms with E-state index in [1.165, 1.54) is 7.11 Å². The zero-order chi connectivity index (χ0) is 19.2. The first-order valence-corrected chi connectivity index (χ1v) is 8.89. The van der Waals surface area contributed by atoms with Crippen LogP contribution in [-0.4, -0.2) is 34.4 Å². The summed E-state index contributed by atoms with van der Waals surface area (Å²) in [6.45, 7) is 1.86. The zero-order valence-electron chi connectivity index (χ0n) is 14.8. The third-order valence-electron chi connectivity index (χ3n) is 3.73. The number of aromatic nitrogens is 3. The SMILES string of the molecule is C/C=C\C(=C(/C=N)C(=O)Nc1nnc(OC)s1)c1ccc2ncccc2c1. The van der Waals surface area contributed by atoms with Crippen molar-refractivity contribution < 1.29 is 9.53 Å². The van der Waals surface area contributed by atoms with Crippen LogP contribution in [-0.2, 0) is 4.79 Å². The molecule has 27 heavy (non-hydrogen) atoms. The third-order valence-corrected chi connectivity index (χ3v) is 4.53.